The largest absolute Gasteiger partial charge is 0.348 e. The first-order valence-corrected chi connectivity index (χ1v) is 7.93. The third-order valence-electron chi connectivity index (χ3n) is 2.80. The molecule has 4 heteroatoms. The first-order valence-electron chi connectivity index (χ1n) is 7.93. The van der Waals surface area contributed by atoms with Gasteiger partial charge < -0.3 is 10.6 Å². The predicted molar refractivity (Wildman–Crippen MR) is 90.3 cm³/mol. The van der Waals surface area contributed by atoms with E-state index in [0.717, 1.165) is 0 Å². The molecule has 0 aliphatic carbocycles. The third kappa shape index (κ3) is 10.5. The Kier molecular flexibility index (Phi) is 9.79. The molecule has 0 heterocycles. The monoisotopic (exact) mass is 300 g/mol. The maximum Gasteiger partial charge on any atom is 0.237 e. The van der Waals surface area contributed by atoms with Crippen molar-refractivity contribution in [2.24, 2.45) is 11.3 Å². The van der Waals surface area contributed by atoms with Crippen molar-refractivity contribution in [2.45, 2.75) is 80.8 Å². The highest BCUT2D eigenvalue weighted by atomic mass is 16.2. The molecule has 0 aliphatic heterocycles. The van der Waals surface area contributed by atoms with Gasteiger partial charge >= 0.3 is 0 Å². The van der Waals surface area contributed by atoms with Crippen LogP contribution in [0.15, 0.2) is 0 Å². The van der Waals surface area contributed by atoms with Crippen LogP contribution < -0.4 is 10.6 Å². The predicted octanol–water partition coefficient (Wildman–Crippen LogP) is 3.16. The highest BCUT2D eigenvalue weighted by Crippen LogP contribution is 2.14. The molecule has 2 N–H and O–H groups in total. The molecule has 0 aromatic rings. The Morgan fingerprint density at radius 3 is 1.67 bits per heavy atom. The molecule has 4 nitrogen and oxygen atoms in total. The van der Waals surface area contributed by atoms with Crippen molar-refractivity contribution in [1.29, 1.82) is 0 Å². The molecule has 1 atom stereocenters. The number of rotatable bonds is 5. The summed E-state index contributed by atoms with van der Waals surface area (Å²) >= 11 is 0. The summed E-state index contributed by atoms with van der Waals surface area (Å²) in [5.41, 5.74) is -0.557. The number of carbonyl (C=O) groups excluding carboxylic acids is 2. The van der Waals surface area contributed by atoms with Gasteiger partial charge in [0.2, 0.25) is 5.91 Å². The van der Waals surface area contributed by atoms with Gasteiger partial charge in [0.25, 0.3) is 0 Å². The van der Waals surface area contributed by atoms with E-state index in [-0.39, 0.29) is 35.7 Å². The summed E-state index contributed by atoms with van der Waals surface area (Å²) in [5.74, 6) is 0.102. The van der Waals surface area contributed by atoms with E-state index in [4.69, 9.17) is 0 Å². The third-order valence-corrected chi connectivity index (χ3v) is 2.80. The quantitative estimate of drug-likeness (QED) is 0.820. The minimum atomic E-state index is -0.419. The summed E-state index contributed by atoms with van der Waals surface area (Å²) in [4.78, 5) is 24.0. The second kappa shape index (κ2) is 9.19. The Morgan fingerprint density at radius 2 is 1.38 bits per heavy atom. The number of Topliss-reactive ketones (excluding diaryl/α,β-unsaturated/α-hetero) is 1. The molecular formula is C17H36N2O2. The average molecular weight is 300 g/mol. The molecule has 0 saturated carbocycles. The van der Waals surface area contributed by atoms with Gasteiger partial charge in [-0.1, -0.05) is 48.5 Å². The Morgan fingerprint density at radius 1 is 0.952 bits per heavy atom. The van der Waals surface area contributed by atoms with Crippen molar-refractivity contribution in [3.05, 3.63) is 0 Å². The van der Waals surface area contributed by atoms with E-state index < -0.39 is 5.41 Å². The molecule has 0 aromatic heterocycles. The van der Waals surface area contributed by atoms with Crippen LogP contribution in [0.5, 0.6) is 0 Å². The minimum absolute atomic E-state index is 0.0408. The lowest BCUT2D eigenvalue weighted by Crippen LogP contribution is -2.55. The topological polar surface area (TPSA) is 58.2 Å². The van der Waals surface area contributed by atoms with E-state index >= 15 is 0 Å². The smallest absolute Gasteiger partial charge is 0.237 e. The van der Waals surface area contributed by atoms with Crippen molar-refractivity contribution >= 4 is 11.7 Å². The molecule has 0 rings (SSSR count). The van der Waals surface area contributed by atoms with Crippen molar-refractivity contribution < 1.29 is 9.59 Å². The molecular weight excluding hydrogens is 264 g/mol. The molecule has 0 aromatic carbocycles. The van der Waals surface area contributed by atoms with Gasteiger partial charge in [0.15, 0.2) is 5.78 Å². The number of nitrogens with one attached hydrogen (secondary N) is 2. The van der Waals surface area contributed by atoms with E-state index in [1.165, 1.54) is 0 Å². The van der Waals surface area contributed by atoms with Crippen molar-refractivity contribution in [2.75, 3.05) is 6.54 Å². The van der Waals surface area contributed by atoms with Crippen LogP contribution in [-0.2, 0) is 9.59 Å². The zero-order valence-electron chi connectivity index (χ0n) is 15.7. The first kappa shape index (κ1) is 22.4. The standard InChI is InChI=1S/C15H30N2O2.C2H6/c1-10(2)12(17-15(6,7)8)13(19)16-9-11(18)14(3,4)5;1-2/h10,12,17H,9H2,1-8H3,(H,16,19);1-2H3. The molecule has 0 aliphatic rings. The number of amides is 1. The molecule has 0 radical (unpaired) electrons. The highest BCUT2D eigenvalue weighted by Gasteiger charge is 2.28. The van der Waals surface area contributed by atoms with Gasteiger partial charge in [-0.3, -0.25) is 9.59 Å². The van der Waals surface area contributed by atoms with Crippen molar-refractivity contribution in [3.63, 3.8) is 0 Å². The van der Waals surface area contributed by atoms with Crippen LogP contribution in [-0.4, -0.2) is 29.8 Å². The average Bonchev–Trinajstić information content (AvgIpc) is 2.32. The lowest BCUT2D eigenvalue weighted by Gasteiger charge is -2.30. The maximum atomic E-state index is 12.2. The zero-order valence-corrected chi connectivity index (χ0v) is 15.7. The normalized spacial score (nSPS) is 13.3. The summed E-state index contributed by atoms with van der Waals surface area (Å²) in [7, 11) is 0. The van der Waals surface area contributed by atoms with E-state index in [9.17, 15) is 9.59 Å². The highest BCUT2D eigenvalue weighted by molar-refractivity contribution is 5.91. The van der Waals surface area contributed by atoms with Gasteiger partial charge in [0.05, 0.1) is 12.6 Å². The summed E-state index contributed by atoms with van der Waals surface area (Å²) in [6, 6.07) is -0.284. The number of carbonyl (C=O) groups is 2. The summed E-state index contributed by atoms with van der Waals surface area (Å²) in [5, 5.41) is 6.04. The van der Waals surface area contributed by atoms with Crippen LogP contribution in [0.25, 0.3) is 0 Å². The maximum absolute atomic E-state index is 12.2. The van der Waals surface area contributed by atoms with E-state index in [1.807, 2.05) is 69.2 Å². The summed E-state index contributed by atoms with van der Waals surface area (Å²) < 4.78 is 0. The van der Waals surface area contributed by atoms with Crippen LogP contribution in [0.3, 0.4) is 0 Å². The van der Waals surface area contributed by atoms with E-state index in [0.29, 0.717) is 0 Å². The number of hydrogen-bond acceptors (Lipinski definition) is 3. The van der Waals surface area contributed by atoms with Gasteiger partial charge in [-0.25, -0.2) is 0 Å². The van der Waals surface area contributed by atoms with Crippen molar-refractivity contribution in [3.8, 4) is 0 Å². The summed E-state index contributed by atoms with van der Waals surface area (Å²) in [6.07, 6.45) is 0. The molecule has 0 bridgehead atoms. The van der Waals surface area contributed by atoms with Gasteiger partial charge in [-0.15, -0.1) is 0 Å². The fraction of sp³-hybridized carbons (Fsp3) is 0.882. The van der Waals surface area contributed by atoms with Crippen LogP contribution in [0, 0.1) is 11.3 Å². The Labute approximate surface area is 131 Å². The molecule has 21 heavy (non-hydrogen) atoms. The van der Waals surface area contributed by atoms with Crippen molar-refractivity contribution in [1.82, 2.24) is 10.6 Å². The van der Waals surface area contributed by atoms with Gasteiger partial charge in [-0.2, -0.15) is 0 Å². The van der Waals surface area contributed by atoms with Crippen LogP contribution in [0.4, 0.5) is 0 Å². The zero-order chi connectivity index (χ0) is 17.4. The molecule has 126 valence electrons. The first-order chi connectivity index (χ1) is 9.34. The minimum Gasteiger partial charge on any atom is -0.348 e. The lowest BCUT2D eigenvalue weighted by atomic mass is 9.90. The number of hydrogen-bond donors (Lipinski definition) is 2. The second-order valence-corrected chi connectivity index (χ2v) is 7.51. The fourth-order valence-corrected chi connectivity index (χ4v) is 1.54. The van der Waals surface area contributed by atoms with Gasteiger partial charge in [0.1, 0.15) is 0 Å². The Bertz CT molecular complexity index is 323. The SMILES string of the molecule is CC.CC(C)C(NC(C)(C)C)C(=O)NCC(=O)C(C)(C)C. The molecule has 1 amide bonds. The summed E-state index contributed by atoms with van der Waals surface area (Å²) in [6.45, 7) is 19.7. The van der Waals surface area contributed by atoms with Gasteiger partial charge in [0, 0.05) is 11.0 Å². The Balaban J connectivity index is 0. The molecule has 0 saturated heterocycles. The molecule has 0 fully saturated rings. The number of ketones is 1. The van der Waals surface area contributed by atoms with Crippen LogP contribution >= 0.6 is 0 Å². The second-order valence-electron chi connectivity index (χ2n) is 7.51. The molecule has 0 spiro atoms. The Hall–Kier alpha value is -0.900. The lowest BCUT2D eigenvalue weighted by molar-refractivity contribution is -0.130. The van der Waals surface area contributed by atoms with Gasteiger partial charge in [-0.05, 0) is 26.7 Å². The fourth-order valence-electron chi connectivity index (χ4n) is 1.54. The molecule has 1 unspecified atom stereocenters. The van der Waals surface area contributed by atoms with E-state index in [2.05, 4.69) is 10.6 Å². The van der Waals surface area contributed by atoms with Crippen LogP contribution in [0.2, 0.25) is 0 Å². The van der Waals surface area contributed by atoms with E-state index in [1.54, 1.807) is 0 Å². The van der Waals surface area contributed by atoms with Crippen LogP contribution in [0.1, 0.15) is 69.2 Å².